The first kappa shape index (κ1) is 14.6. The van der Waals surface area contributed by atoms with Crippen LogP contribution in [0.5, 0.6) is 0 Å². The minimum absolute atomic E-state index is 1.40. The third kappa shape index (κ3) is 49.8. The van der Waals surface area contributed by atoms with E-state index < -0.39 is 4.00 Å². The van der Waals surface area contributed by atoms with Crippen LogP contribution in [0, 0.1) is 0 Å². The number of hydrogen-bond donors (Lipinski definition) is 1. The summed E-state index contributed by atoms with van der Waals surface area (Å²) in [6.07, 6.45) is 0. The molecular formula is CH4ClI4NPb. The first-order valence-corrected chi connectivity index (χ1v) is 45.6. The Bertz CT molecular complexity index is 39.8. The first-order valence-electron chi connectivity index (χ1n) is 1.44. The number of nitrogens with one attached hydrogen (secondary N) is 1. The number of hydrogen-bond acceptors (Lipinski definition) is 1. The van der Waals surface area contributed by atoms with E-state index in [1.807, 2.05) is 0 Å². The molecule has 0 radical (unpaired) electrons. The van der Waals surface area contributed by atoms with Crippen LogP contribution in [0.2, 0.25) is 0 Å². The van der Waals surface area contributed by atoms with Crippen molar-refractivity contribution in [2.75, 3.05) is 7.05 Å². The quantitative estimate of drug-likeness (QED) is 0.226. The molecule has 7 heteroatoms. The molecule has 0 aromatic heterocycles. The summed E-state index contributed by atoms with van der Waals surface area (Å²) in [5.74, 6) is 0. The van der Waals surface area contributed by atoms with Crippen LogP contribution < -0.4 is 4.84 Å². The average Bonchev–Trinajstić information content (AvgIpc) is 1.27. The summed E-state index contributed by atoms with van der Waals surface area (Å²) in [5.41, 5.74) is 0. The molecule has 1 nitrogen and oxygen atoms in total. The Hall–Kier alpha value is 4.09. The molecule has 0 aromatic carbocycles. The van der Waals surface area contributed by atoms with Gasteiger partial charge in [-0.15, -0.1) is 0 Å². The van der Waals surface area contributed by atoms with Gasteiger partial charge in [0, 0.05) is 0 Å². The molecule has 1 N–H and O–H groups in total. The Morgan fingerprint density at radius 2 is 1.25 bits per heavy atom. The molecule has 0 aliphatic carbocycles. The summed E-state index contributed by atoms with van der Waals surface area (Å²) >= 11 is 15.0. The van der Waals surface area contributed by atoms with Gasteiger partial charge in [-0.3, -0.25) is 0 Å². The molecule has 0 amide bonds. The van der Waals surface area contributed by atoms with E-state index >= 15 is 0 Å². The minimum atomic E-state index is -1.40. The Morgan fingerprint density at radius 3 is 1.25 bits per heavy atom. The third-order valence-electron chi connectivity index (χ3n) is 0. The van der Waals surface area contributed by atoms with Crippen molar-refractivity contribution in [1.29, 1.82) is 0 Å². The fourth-order valence-electron chi connectivity index (χ4n) is 0. The summed E-state index contributed by atoms with van der Waals surface area (Å²) in [6.45, 7) is 0. The Balaban J connectivity index is 0. The van der Waals surface area contributed by atoms with Gasteiger partial charge in [-0.2, -0.15) is 0 Å². The Morgan fingerprint density at radius 1 is 1.25 bits per heavy atom. The average molecular weight is 780 g/mol. The van der Waals surface area contributed by atoms with E-state index in [-0.39, 0.29) is 0 Å². The van der Waals surface area contributed by atoms with Gasteiger partial charge in [0.25, 0.3) is 0 Å². The molecule has 0 aliphatic rings. The summed E-state index contributed by atoms with van der Waals surface area (Å²) in [7, 11) is 1.64. The summed E-state index contributed by atoms with van der Waals surface area (Å²) in [5, 5.41) is 0. The van der Waals surface area contributed by atoms with E-state index in [4.69, 9.17) is 11.8 Å². The maximum absolute atomic E-state index is 4.75. The van der Waals surface area contributed by atoms with Crippen molar-refractivity contribution in [2.24, 2.45) is 0 Å². The second-order valence-electron chi connectivity index (χ2n) is 0.618. The molecule has 0 heterocycles. The third-order valence-corrected chi connectivity index (χ3v) is 0. The van der Waals surface area contributed by atoms with Crippen molar-refractivity contribution in [3.05, 3.63) is 0 Å². The van der Waals surface area contributed by atoms with E-state index in [9.17, 15) is 0 Å². The van der Waals surface area contributed by atoms with Crippen LogP contribution >= 0.6 is 82.8 Å². The molecule has 52 valence electrons. The van der Waals surface area contributed by atoms with E-state index in [0.717, 1.165) is 0 Å². The van der Waals surface area contributed by atoms with Gasteiger partial charge < -0.3 is 0 Å². The van der Waals surface area contributed by atoms with Gasteiger partial charge in [-0.05, 0) is 18.8 Å². The Labute approximate surface area is 95.4 Å². The number of rotatable bonds is 0. The van der Waals surface area contributed by atoms with Crippen LogP contribution in [0.1, 0.15) is 0 Å². The molecule has 0 saturated heterocycles. The SMILES string of the molecule is CNCl.[I][Pb]([I])([I])[I]. The van der Waals surface area contributed by atoms with Gasteiger partial charge in [0.2, 0.25) is 0 Å². The van der Waals surface area contributed by atoms with Crippen molar-refractivity contribution in [2.45, 2.75) is 0 Å². The van der Waals surface area contributed by atoms with Gasteiger partial charge in [-0.1, -0.05) is 0 Å². The maximum atomic E-state index is 4.75. The normalized spacial score (nSPS) is 9.75. The second-order valence-corrected chi connectivity index (χ2v) is 170. The van der Waals surface area contributed by atoms with Gasteiger partial charge >= 0.3 is 75.0 Å². The van der Waals surface area contributed by atoms with E-state index in [1.165, 1.54) is 0 Å². The van der Waals surface area contributed by atoms with Gasteiger partial charge in [0.15, 0.2) is 0 Å². The second kappa shape index (κ2) is 9.18. The van der Waals surface area contributed by atoms with Crippen LogP contribution in [0.4, 0.5) is 0 Å². The van der Waals surface area contributed by atoms with Crippen molar-refractivity contribution < 1.29 is 0 Å². The molecule has 0 saturated carbocycles. The van der Waals surface area contributed by atoms with Crippen molar-refractivity contribution in [3.63, 3.8) is 0 Å². The molecule has 0 bridgehead atoms. The van der Waals surface area contributed by atoms with Crippen LogP contribution in [-0.4, -0.2) is 11.0 Å². The predicted octanol–water partition coefficient (Wildman–Crippen LogP) is 3.52. The zero-order valence-electron chi connectivity index (χ0n) is 3.89. The molecular weight excluding hydrogens is 776 g/mol. The summed E-state index contributed by atoms with van der Waals surface area (Å²) in [6, 6.07) is 0. The monoisotopic (exact) mass is 781 g/mol. The zero-order chi connectivity index (χ0) is 7.21. The molecule has 0 unspecified atom stereocenters. The van der Waals surface area contributed by atoms with Gasteiger partial charge in [-0.25, -0.2) is 4.84 Å². The molecule has 0 rings (SSSR count). The molecule has 0 aliphatic heterocycles. The fourth-order valence-corrected chi connectivity index (χ4v) is 0. The molecule has 0 spiro atoms. The van der Waals surface area contributed by atoms with Gasteiger partial charge in [0.1, 0.15) is 0 Å². The van der Waals surface area contributed by atoms with Crippen LogP contribution in [0.25, 0.3) is 0 Å². The topological polar surface area (TPSA) is 12.0 Å². The predicted molar refractivity (Wildman–Crippen MR) is 76.7 cm³/mol. The standard InChI is InChI=1S/CH4ClN.4HI.Pb/c1-3-2;;;;;/h3H,1H3;4*1H;/q;;;;;+4/p-4. The fraction of sp³-hybridized carbons (Fsp3) is 1.00. The zero-order valence-corrected chi connectivity index (χ0v) is 17.2. The van der Waals surface area contributed by atoms with Crippen molar-refractivity contribution >= 4 is 86.8 Å². The van der Waals surface area contributed by atoms with Crippen LogP contribution in [0.15, 0.2) is 0 Å². The van der Waals surface area contributed by atoms with Crippen LogP contribution in [0.3, 0.4) is 0 Å². The molecule has 0 aromatic rings. The van der Waals surface area contributed by atoms with Gasteiger partial charge in [0.05, 0.1) is 0 Å². The van der Waals surface area contributed by atoms with Crippen LogP contribution in [-0.2, 0) is 0 Å². The number of halogens is 5. The van der Waals surface area contributed by atoms with Crippen molar-refractivity contribution in [3.8, 4) is 0 Å². The van der Waals surface area contributed by atoms with E-state index in [0.29, 0.717) is 0 Å². The molecule has 0 atom stereocenters. The summed E-state index contributed by atoms with van der Waals surface area (Å²) < 4.78 is -1.40. The van der Waals surface area contributed by atoms with E-state index in [1.54, 1.807) is 7.05 Å². The van der Waals surface area contributed by atoms with Crippen molar-refractivity contribution in [1.82, 2.24) is 4.84 Å². The summed E-state index contributed by atoms with van der Waals surface area (Å²) in [4.78, 5) is 2.22. The molecule has 8 heavy (non-hydrogen) atoms. The van der Waals surface area contributed by atoms with E-state index in [2.05, 4.69) is 75.9 Å². The Kier molecular flexibility index (Phi) is 16.8. The first-order chi connectivity index (χ1) is 3.41. The molecule has 0 fully saturated rings.